The average molecular weight is 186 g/mol. The Hall–Kier alpha value is -0.610. The number of hydrogen-bond donors (Lipinski definition) is 3. The standard InChI is InChI=1S/C9H18N2O2/c10-7(5-8(11)9(12)13)6-3-1-2-4-6/h6-8H,1-5,10-11H2,(H,12,13). The van der Waals surface area contributed by atoms with Crippen molar-refractivity contribution in [2.45, 2.75) is 44.2 Å². The Bertz CT molecular complexity index is 178. The molecule has 1 rings (SSSR count). The summed E-state index contributed by atoms with van der Waals surface area (Å²) in [7, 11) is 0. The van der Waals surface area contributed by atoms with Gasteiger partial charge in [0.25, 0.3) is 0 Å². The van der Waals surface area contributed by atoms with Crippen LogP contribution in [0.5, 0.6) is 0 Å². The molecule has 1 aliphatic rings. The van der Waals surface area contributed by atoms with Crippen LogP contribution in [0, 0.1) is 5.92 Å². The zero-order chi connectivity index (χ0) is 9.84. The summed E-state index contributed by atoms with van der Waals surface area (Å²) in [5, 5.41) is 8.59. The average Bonchev–Trinajstić information content (AvgIpc) is 2.55. The molecule has 1 saturated carbocycles. The second-order valence-electron chi connectivity index (χ2n) is 3.89. The number of nitrogens with two attached hydrogens (primary N) is 2. The maximum atomic E-state index is 10.5. The highest BCUT2D eigenvalue weighted by Crippen LogP contribution is 2.28. The van der Waals surface area contributed by atoms with Gasteiger partial charge in [0.05, 0.1) is 0 Å². The van der Waals surface area contributed by atoms with Crippen LogP contribution in [0.1, 0.15) is 32.1 Å². The summed E-state index contributed by atoms with van der Waals surface area (Å²) >= 11 is 0. The number of carboxylic acids is 1. The molecule has 1 aliphatic carbocycles. The number of carboxylic acid groups (broad SMARTS) is 1. The molecule has 5 N–H and O–H groups in total. The van der Waals surface area contributed by atoms with E-state index < -0.39 is 12.0 Å². The zero-order valence-corrected chi connectivity index (χ0v) is 7.78. The molecule has 0 aromatic heterocycles. The van der Waals surface area contributed by atoms with Gasteiger partial charge in [0.15, 0.2) is 0 Å². The highest BCUT2D eigenvalue weighted by atomic mass is 16.4. The lowest BCUT2D eigenvalue weighted by atomic mass is 9.93. The van der Waals surface area contributed by atoms with Crippen molar-refractivity contribution >= 4 is 5.97 Å². The van der Waals surface area contributed by atoms with Crippen LogP contribution in [-0.2, 0) is 4.79 Å². The van der Waals surface area contributed by atoms with Crippen molar-refractivity contribution in [3.63, 3.8) is 0 Å². The van der Waals surface area contributed by atoms with E-state index in [1.165, 1.54) is 12.8 Å². The van der Waals surface area contributed by atoms with Crippen LogP contribution in [0.25, 0.3) is 0 Å². The topological polar surface area (TPSA) is 89.3 Å². The fourth-order valence-corrected chi connectivity index (χ4v) is 1.97. The van der Waals surface area contributed by atoms with Gasteiger partial charge in [-0.1, -0.05) is 12.8 Å². The fourth-order valence-electron chi connectivity index (χ4n) is 1.97. The molecular weight excluding hydrogens is 168 g/mol. The molecule has 0 spiro atoms. The van der Waals surface area contributed by atoms with Crippen LogP contribution < -0.4 is 11.5 Å². The lowest BCUT2D eigenvalue weighted by Crippen LogP contribution is -2.40. The van der Waals surface area contributed by atoms with Crippen LogP contribution in [-0.4, -0.2) is 23.2 Å². The van der Waals surface area contributed by atoms with Gasteiger partial charge in [0, 0.05) is 6.04 Å². The summed E-state index contributed by atoms with van der Waals surface area (Å²) < 4.78 is 0. The molecule has 0 saturated heterocycles. The summed E-state index contributed by atoms with van der Waals surface area (Å²) in [5.74, 6) is -0.459. The third-order valence-corrected chi connectivity index (χ3v) is 2.85. The van der Waals surface area contributed by atoms with Gasteiger partial charge in [-0.15, -0.1) is 0 Å². The monoisotopic (exact) mass is 186 g/mol. The Balaban J connectivity index is 2.30. The molecule has 0 amide bonds. The van der Waals surface area contributed by atoms with E-state index in [0.29, 0.717) is 12.3 Å². The molecule has 4 heteroatoms. The van der Waals surface area contributed by atoms with E-state index in [9.17, 15) is 4.79 Å². The maximum Gasteiger partial charge on any atom is 0.320 e. The predicted octanol–water partition coefficient (Wildman–Crippen LogP) is 0.306. The zero-order valence-electron chi connectivity index (χ0n) is 7.78. The summed E-state index contributed by atoms with van der Waals surface area (Å²) in [5.41, 5.74) is 11.3. The first kappa shape index (κ1) is 10.5. The first-order chi connectivity index (χ1) is 6.11. The van der Waals surface area contributed by atoms with E-state index in [1.54, 1.807) is 0 Å². The van der Waals surface area contributed by atoms with Gasteiger partial charge < -0.3 is 16.6 Å². The molecule has 0 heterocycles. The molecule has 4 nitrogen and oxygen atoms in total. The van der Waals surface area contributed by atoms with Gasteiger partial charge in [-0.05, 0) is 25.2 Å². The molecule has 0 bridgehead atoms. The number of rotatable bonds is 4. The number of carbonyl (C=O) groups is 1. The van der Waals surface area contributed by atoms with Crippen molar-refractivity contribution in [3.05, 3.63) is 0 Å². The van der Waals surface area contributed by atoms with Crippen molar-refractivity contribution in [2.75, 3.05) is 0 Å². The highest BCUT2D eigenvalue weighted by Gasteiger charge is 2.25. The molecule has 76 valence electrons. The SMILES string of the molecule is NC(CC(N)C1CCCC1)C(=O)O. The Morgan fingerprint density at radius 3 is 2.38 bits per heavy atom. The highest BCUT2D eigenvalue weighted by molar-refractivity contribution is 5.73. The largest absolute Gasteiger partial charge is 0.480 e. The van der Waals surface area contributed by atoms with E-state index in [4.69, 9.17) is 16.6 Å². The molecule has 0 aromatic rings. The van der Waals surface area contributed by atoms with Crippen molar-refractivity contribution in [1.82, 2.24) is 0 Å². The number of hydrogen-bond acceptors (Lipinski definition) is 3. The first-order valence-corrected chi connectivity index (χ1v) is 4.85. The Morgan fingerprint density at radius 2 is 1.92 bits per heavy atom. The normalized spacial score (nSPS) is 22.9. The summed E-state index contributed by atoms with van der Waals surface area (Å²) in [6.07, 6.45) is 5.11. The minimum atomic E-state index is -0.951. The van der Waals surface area contributed by atoms with Crippen LogP contribution in [0.15, 0.2) is 0 Å². The van der Waals surface area contributed by atoms with Gasteiger partial charge in [0.2, 0.25) is 0 Å². The first-order valence-electron chi connectivity index (χ1n) is 4.85. The van der Waals surface area contributed by atoms with Crippen LogP contribution >= 0.6 is 0 Å². The molecule has 0 aliphatic heterocycles. The van der Waals surface area contributed by atoms with Crippen LogP contribution in [0.4, 0.5) is 0 Å². The summed E-state index contributed by atoms with van der Waals surface area (Å²) in [6, 6.07) is -0.829. The van der Waals surface area contributed by atoms with Crippen molar-refractivity contribution < 1.29 is 9.90 Å². The molecule has 2 atom stereocenters. The minimum Gasteiger partial charge on any atom is -0.480 e. The molecule has 2 unspecified atom stereocenters. The maximum absolute atomic E-state index is 10.5. The third-order valence-electron chi connectivity index (χ3n) is 2.85. The fraction of sp³-hybridized carbons (Fsp3) is 0.889. The van der Waals surface area contributed by atoms with Crippen molar-refractivity contribution in [2.24, 2.45) is 17.4 Å². The van der Waals surface area contributed by atoms with Crippen molar-refractivity contribution in [3.8, 4) is 0 Å². The summed E-state index contributed by atoms with van der Waals surface area (Å²) in [4.78, 5) is 10.5. The Labute approximate surface area is 78.3 Å². The Kier molecular flexibility index (Phi) is 3.69. The van der Waals surface area contributed by atoms with Crippen LogP contribution in [0.3, 0.4) is 0 Å². The van der Waals surface area contributed by atoms with E-state index in [0.717, 1.165) is 12.8 Å². The smallest absolute Gasteiger partial charge is 0.320 e. The number of aliphatic carboxylic acids is 1. The van der Waals surface area contributed by atoms with Gasteiger partial charge in [-0.25, -0.2) is 0 Å². The molecular formula is C9H18N2O2. The quantitative estimate of drug-likeness (QED) is 0.589. The van der Waals surface area contributed by atoms with Crippen molar-refractivity contribution in [1.29, 1.82) is 0 Å². The van der Waals surface area contributed by atoms with Gasteiger partial charge in [0.1, 0.15) is 6.04 Å². The van der Waals surface area contributed by atoms with Gasteiger partial charge >= 0.3 is 5.97 Å². The molecule has 1 fully saturated rings. The Morgan fingerprint density at radius 1 is 1.38 bits per heavy atom. The van der Waals surface area contributed by atoms with E-state index in [1.807, 2.05) is 0 Å². The second-order valence-corrected chi connectivity index (χ2v) is 3.89. The molecule has 0 radical (unpaired) electrons. The third kappa shape index (κ3) is 2.97. The predicted molar refractivity (Wildman–Crippen MR) is 50.2 cm³/mol. The lowest BCUT2D eigenvalue weighted by molar-refractivity contribution is -0.138. The van der Waals surface area contributed by atoms with E-state index in [-0.39, 0.29) is 6.04 Å². The lowest BCUT2D eigenvalue weighted by Gasteiger charge is -2.20. The van der Waals surface area contributed by atoms with Crippen LogP contribution in [0.2, 0.25) is 0 Å². The summed E-state index contributed by atoms with van der Waals surface area (Å²) in [6.45, 7) is 0. The second kappa shape index (κ2) is 4.58. The molecule has 13 heavy (non-hydrogen) atoms. The van der Waals surface area contributed by atoms with E-state index in [2.05, 4.69) is 0 Å². The van der Waals surface area contributed by atoms with E-state index >= 15 is 0 Å². The molecule has 0 aromatic carbocycles. The van der Waals surface area contributed by atoms with Gasteiger partial charge in [-0.2, -0.15) is 0 Å². The van der Waals surface area contributed by atoms with Gasteiger partial charge in [-0.3, -0.25) is 4.79 Å². The minimum absolute atomic E-state index is 0.0337.